The molecule has 2 aliphatic carbocycles. The highest BCUT2D eigenvalue weighted by atomic mass is 32.2. The lowest BCUT2D eigenvalue weighted by Gasteiger charge is -2.37. The molecule has 0 saturated heterocycles. The quantitative estimate of drug-likeness (QED) is 0.824. The molecule has 0 aliphatic heterocycles. The van der Waals surface area contributed by atoms with Crippen molar-refractivity contribution in [2.24, 2.45) is 23.8 Å². The van der Waals surface area contributed by atoms with Gasteiger partial charge in [-0.2, -0.15) is 0 Å². The molecule has 0 spiro atoms. The Morgan fingerprint density at radius 2 is 2.17 bits per heavy atom. The molecule has 0 unspecified atom stereocenters. The van der Waals surface area contributed by atoms with E-state index in [1.807, 2.05) is 17.8 Å². The summed E-state index contributed by atoms with van der Waals surface area (Å²) in [5.74, 6) is 0.696. The molecule has 3 nitrogen and oxygen atoms in total. The summed E-state index contributed by atoms with van der Waals surface area (Å²) in [4.78, 5) is 16.9. The van der Waals surface area contributed by atoms with E-state index in [2.05, 4.69) is 25.8 Å². The summed E-state index contributed by atoms with van der Waals surface area (Å²) in [7, 11) is 1.99. The number of aryl methyl sites for hydroxylation is 1. The smallest absolute Gasteiger partial charge is 0.168 e. The molecule has 0 N–H and O–H groups in total. The van der Waals surface area contributed by atoms with Crippen LogP contribution in [0.25, 0.3) is 0 Å². The van der Waals surface area contributed by atoms with Crippen LogP contribution >= 0.6 is 11.8 Å². The number of thioether (sulfide) groups is 1. The second kappa shape index (κ2) is 3.62. The van der Waals surface area contributed by atoms with Crippen molar-refractivity contribution in [3.8, 4) is 0 Å². The molecule has 3 atom stereocenters. The highest BCUT2D eigenvalue weighted by Gasteiger charge is 2.66. The van der Waals surface area contributed by atoms with E-state index in [4.69, 9.17) is 0 Å². The maximum Gasteiger partial charge on any atom is 0.168 e. The molecule has 4 heteroatoms. The van der Waals surface area contributed by atoms with Crippen molar-refractivity contribution in [2.75, 3.05) is 0 Å². The van der Waals surface area contributed by atoms with Crippen LogP contribution in [0.3, 0.4) is 0 Å². The number of fused-ring (bicyclic) bond motifs is 2. The SMILES string of the molecule is Cn1ccnc1S[C@@H]1C(=O)[C@H]2CC[C@@]1(C)C2(C)C. The van der Waals surface area contributed by atoms with Crippen LogP contribution in [-0.2, 0) is 11.8 Å². The van der Waals surface area contributed by atoms with Gasteiger partial charge in [-0.1, -0.05) is 32.5 Å². The zero-order valence-electron chi connectivity index (χ0n) is 11.4. The topological polar surface area (TPSA) is 34.9 Å². The fourth-order valence-electron chi connectivity index (χ4n) is 3.75. The lowest BCUT2D eigenvalue weighted by molar-refractivity contribution is -0.122. The third-order valence-electron chi connectivity index (χ3n) is 5.48. The molecule has 2 aliphatic rings. The number of imidazole rings is 1. The van der Waals surface area contributed by atoms with Gasteiger partial charge in [-0.3, -0.25) is 4.79 Å². The van der Waals surface area contributed by atoms with Crippen LogP contribution in [-0.4, -0.2) is 20.6 Å². The highest BCUT2D eigenvalue weighted by Crippen LogP contribution is 2.67. The Labute approximate surface area is 112 Å². The molecular formula is C14H20N2OS. The molecule has 3 rings (SSSR count). The van der Waals surface area contributed by atoms with E-state index < -0.39 is 0 Å². The average Bonchev–Trinajstić information content (AvgIpc) is 2.82. The zero-order valence-corrected chi connectivity index (χ0v) is 12.3. The van der Waals surface area contributed by atoms with Gasteiger partial charge < -0.3 is 4.57 Å². The first-order valence-electron chi connectivity index (χ1n) is 6.55. The summed E-state index contributed by atoms with van der Waals surface area (Å²) in [5.41, 5.74) is 0.248. The normalized spacial score (nSPS) is 37.4. The largest absolute Gasteiger partial charge is 0.329 e. The molecular weight excluding hydrogens is 244 g/mol. The number of nitrogens with zero attached hydrogens (tertiary/aromatic N) is 2. The molecule has 0 aromatic carbocycles. The van der Waals surface area contributed by atoms with E-state index in [9.17, 15) is 4.79 Å². The summed E-state index contributed by atoms with van der Waals surface area (Å²) in [5, 5.41) is 1.03. The Hall–Kier alpha value is -0.770. The summed E-state index contributed by atoms with van der Waals surface area (Å²) in [6.45, 7) is 6.82. The van der Waals surface area contributed by atoms with E-state index >= 15 is 0 Å². The van der Waals surface area contributed by atoms with Gasteiger partial charge in [0.15, 0.2) is 5.16 Å². The van der Waals surface area contributed by atoms with Gasteiger partial charge in [-0.25, -0.2) is 4.98 Å². The third kappa shape index (κ3) is 1.33. The Kier molecular flexibility index (Phi) is 2.47. The second-order valence-electron chi connectivity index (χ2n) is 6.45. The van der Waals surface area contributed by atoms with Crippen LogP contribution in [0.4, 0.5) is 0 Å². The summed E-state index contributed by atoms with van der Waals surface area (Å²) >= 11 is 1.66. The van der Waals surface area contributed by atoms with Gasteiger partial charge in [0.05, 0.1) is 5.25 Å². The number of ketones is 1. The van der Waals surface area contributed by atoms with Crippen molar-refractivity contribution < 1.29 is 4.79 Å². The van der Waals surface area contributed by atoms with Crippen LogP contribution in [0.5, 0.6) is 0 Å². The summed E-state index contributed by atoms with van der Waals surface area (Å²) < 4.78 is 2.00. The summed E-state index contributed by atoms with van der Waals surface area (Å²) in [6, 6.07) is 0. The molecule has 0 amide bonds. The highest BCUT2D eigenvalue weighted by molar-refractivity contribution is 8.00. The van der Waals surface area contributed by atoms with E-state index in [1.54, 1.807) is 18.0 Å². The lowest BCUT2D eigenvalue weighted by atomic mass is 9.71. The zero-order chi connectivity index (χ0) is 13.1. The van der Waals surface area contributed by atoms with Crippen LogP contribution < -0.4 is 0 Å². The number of rotatable bonds is 2. The maximum absolute atomic E-state index is 12.6. The van der Waals surface area contributed by atoms with Crippen molar-refractivity contribution in [1.29, 1.82) is 0 Å². The fourth-order valence-corrected chi connectivity index (χ4v) is 5.27. The Morgan fingerprint density at radius 1 is 1.44 bits per heavy atom. The van der Waals surface area contributed by atoms with E-state index in [0.717, 1.165) is 11.6 Å². The molecule has 2 saturated carbocycles. The predicted octanol–water partition coefficient (Wildman–Crippen LogP) is 2.91. The fraction of sp³-hybridized carbons (Fsp3) is 0.714. The number of Topliss-reactive ketones (excluding diaryl/α,β-unsaturated/α-hetero) is 1. The van der Waals surface area contributed by atoms with Crippen LogP contribution in [0.1, 0.15) is 33.6 Å². The first kappa shape index (κ1) is 12.3. The Morgan fingerprint density at radius 3 is 2.67 bits per heavy atom. The molecule has 0 radical (unpaired) electrons. The number of carbonyl (C=O) groups is 1. The lowest BCUT2D eigenvalue weighted by Crippen LogP contribution is -2.35. The Bertz CT molecular complexity index is 508. The molecule has 1 aromatic heterocycles. The minimum Gasteiger partial charge on any atom is -0.329 e. The van der Waals surface area contributed by atoms with Gasteiger partial charge in [-0.05, 0) is 23.7 Å². The molecule has 2 bridgehead atoms. The third-order valence-corrected chi connectivity index (χ3v) is 7.07. The van der Waals surface area contributed by atoms with Crippen molar-refractivity contribution >= 4 is 17.5 Å². The van der Waals surface area contributed by atoms with Crippen LogP contribution in [0.15, 0.2) is 17.6 Å². The maximum atomic E-state index is 12.6. The van der Waals surface area contributed by atoms with Gasteiger partial charge in [0.2, 0.25) is 0 Å². The van der Waals surface area contributed by atoms with E-state index in [1.165, 1.54) is 6.42 Å². The monoisotopic (exact) mass is 264 g/mol. The summed E-state index contributed by atoms with van der Waals surface area (Å²) in [6.07, 6.45) is 5.97. The van der Waals surface area contributed by atoms with Crippen LogP contribution in [0.2, 0.25) is 0 Å². The molecule has 1 aromatic rings. The number of carbonyl (C=O) groups excluding carboxylic acids is 1. The predicted molar refractivity (Wildman–Crippen MR) is 72.5 cm³/mol. The van der Waals surface area contributed by atoms with Gasteiger partial charge in [0, 0.05) is 25.4 Å². The van der Waals surface area contributed by atoms with Crippen molar-refractivity contribution in [1.82, 2.24) is 9.55 Å². The van der Waals surface area contributed by atoms with Crippen molar-refractivity contribution in [2.45, 2.75) is 44.0 Å². The van der Waals surface area contributed by atoms with Gasteiger partial charge in [0.25, 0.3) is 0 Å². The first-order chi connectivity index (χ1) is 8.38. The van der Waals surface area contributed by atoms with Crippen molar-refractivity contribution in [3.63, 3.8) is 0 Å². The molecule has 98 valence electrons. The number of hydrogen-bond donors (Lipinski definition) is 0. The minimum absolute atomic E-state index is 0.0762. The van der Waals surface area contributed by atoms with Crippen LogP contribution in [0, 0.1) is 16.7 Å². The second-order valence-corrected chi connectivity index (χ2v) is 7.52. The van der Waals surface area contributed by atoms with E-state index in [0.29, 0.717) is 5.78 Å². The molecule has 2 fully saturated rings. The van der Waals surface area contributed by atoms with E-state index in [-0.39, 0.29) is 22.0 Å². The van der Waals surface area contributed by atoms with Gasteiger partial charge in [0.1, 0.15) is 5.78 Å². The number of aromatic nitrogens is 2. The van der Waals surface area contributed by atoms with Gasteiger partial charge >= 0.3 is 0 Å². The van der Waals surface area contributed by atoms with Gasteiger partial charge in [-0.15, -0.1) is 0 Å². The first-order valence-corrected chi connectivity index (χ1v) is 7.43. The average molecular weight is 264 g/mol. The standard InChI is InChI=1S/C14H20N2OS/c1-13(2)9-5-6-14(13,3)11(10(9)17)18-12-15-7-8-16(12)4/h7-9,11H,5-6H2,1-4H3/t9-,11-,14-/m1/s1. The van der Waals surface area contributed by atoms with Crippen molar-refractivity contribution in [3.05, 3.63) is 12.4 Å². The molecule has 1 heterocycles. The minimum atomic E-state index is 0.0762. The number of hydrogen-bond acceptors (Lipinski definition) is 3. The Balaban J connectivity index is 1.95. The molecule has 18 heavy (non-hydrogen) atoms.